The van der Waals surface area contributed by atoms with Gasteiger partial charge in [0, 0.05) is 23.7 Å². The molecule has 0 bridgehead atoms. The molecule has 122 valence electrons. The SMILES string of the molecule is Cc1nc(-c2cccc(NC(=O)CC(N)c3ccccc3)c2)n[nH]1. The highest BCUT2D eigenvalue weighted by molar-refractivity contribution is 5.91. The van der Waals surface area contributed by atoms with Crippen LogP contribution in [-0.2, 0) is 4.79 Å². The van der Waals surface area contributed by atoms with Crippen molar-refractivity contribution in [3.63, 3.8) is 0 Å². The van der Waals surface area contributed by atoms with Gasteiger partial charge in [-0.05, 0) is 24.6 Å². The predicted molar refractivity (Wildman–Crippen MR) is 93.2 cm³/mol. The minimum absolute atomic E-state index is 0.130. The summed E-state index contributed by atoms with van der Waals surface area (Å²) in [6.07, 6.45) is 0.216. The van der Waals surface area contributed by atoms with E-state index < -0.39 is 0 Å². The highest BCUT2D eigenvalue weighted by atomic mass is 16.1. The van der Waals surface area contributed by atoms with E-state index in [2.05, 4.69) is 20.5 Å². The predicted octanol–water partition coefficient (Wildman–Crippen LogP) is 2.81. The van der Waals surface area contributed by atoms with Crippen LogP contribution < -0.4 is 11.1 Å². The van der Waals surface area contributed by atoms with Crippen molar-refractivity contribution in [2.75, 3.05) is 5.32 Å². The number of aryl methyl sites for hydroxylation is 1. The van der Waals surface area contributed by atoms with Gasteiger partial charge < -0.3 is 11.1 Å². The molecule has 6 heteroatoms. The third kappa shape index (κ3) is 3.85. The molecule has 1 atom stereocenters. The highest BCUT2D eigenvalue weighted by Crippen LogP contribution is 2.20. The Balaban J connectivity index is 1.66. The number of anilines is 1. The first-order chi connectivity index (χ1) is 11.6. The number of nitrogens with zero attached hydrogens (tertiary/aromatic N) is 2. The quantitative estimate of drug-likeness (QED) is 0.673. The standard InChI is InChI=1S/C18H19N5O/c1-12-20-18(23-22-12)14-8-5-9-15(10-14)21-17(24)11-16(19)13-6-3-2-4-7-13/h2-10,16H,11,19H2,1H3,(H,21,24)(H,20,22,23). The zero-order chi connectivity index (χ0) is 16.9. The Morgan fingerprint density at radius 1 is 1.21 bits per heavy atom. The maximum Gasteiger partial charge on any atom is 0.226 e. The summed E-state index contributed by atoms with van der Waals surface area (Å²) < 4.78 is 0. The van der Waals surface area contributed by atoms with Crippen molar-refractivity contribution in [1.82, 2.24) is 15.2 Å². The van der Waals surface area contributed by atoms with Gasteiger partial charge in [-0.15, -0.1) is 0 Å². The molecule has 0 aliphatic heterocycles. The molecule has 24 heavy (non-hydrogen) atoms. The van der Waals surface area contributed by atoms with Crippen LogP contribution in [0, 0.1) is 6.92 Å². The molecule has 0 aliphatic rings. The lowest BCUT2D eigenvalue weighted by Gasteiger charge is -2.12. The van der Waals surface area contributed by atoms with Gasteiger partial charge in [0.15, 0.2) is 5.82 Å². The second-order valence-corrected chi connectivity index (χ2v) is 5.59. The molecule has 1 heterocycles. The van der Waals surface area contributed by atoms with Crippen LogP contribution in [0.15, 0.2) is 54.6 Å². The zero-order valence-corrected chi connectivity index (χ0v) is 13.4. The summed E-state index contributed by atoms with van der Waals surface area (Å²) in [7, 11) is 0. The van der Waals surface area contributed by atoms with Gasteiger partial charge in [-0.25, -0.2) is 4.98 Å². The molecule has 2 aromatic carbocycles. The van der Waals surface area contributed by atoms with E-state index in [-0.39, 0.29) is 18.4 Å². The van der Waals surface area contributed by atoms with Crippen molar-refractivity contribution in [1.29, 1.82) is 0 Å². The molecule has 4 N–H and O–H groups in total. The molecule has 0 aliphatic carbocycles. The van der Waals surface area contributed by atoms with Crippen LogP contribution in [0.3, 0.4) is 0 Å². The van der Waals surface area contributed by atoms with E-state index in [1.165, 1.54) is 0 Å². The van der Waals surface area contributed by atoms with Crippen LogP contribution in [-0.4, -0.2) is 21.1 Å². The van der Waals surface area contributed by atoms with E-state index in [0.29, 0.717) is 11.5 Å². The number of benzene rings is 2. The topological polar surface area (TPSA) is 96.7 Å². The number of aromatic nitrogens is 3. The van der Waals surface area contributed by atoms with Crippen molar-refractivity contribution in [2.45, 2.75) is 19.4 Å². The van der Waals surface area contributed by atoms with Gasteiger partial charge in [-0.2, -0.15) is 5.10 Å². The van der Waals surface area contributed by atoms with Crippen molar-refractivity contribution < 1.29 is 4.79 Å². The third-order valence-electron chi connectivity index (χ3n) is 3.63. The number of amides is 1. The van der Waals surface area contributed by atoms with Crippen LogP contribution >= 0.6 is 0 Å². The molecule has 3 aromatic rings. The Morgan fingerprint density at radius 3 is 2.71 bits per heavy atom. The van der Waals surface area contributed by atoms with E-state index in [1.807, 2.05) is 61.5 Å². The maximum atomic E-state index is 12.2. The molecule has 1 aromatic heterocycles. The number of nitrogens with one attached hydrogen (secondary N) is 2. The molecule has 0 spiro atoms. The maximum absolute atomic E-state index is 12.2. The Morgan fingerprint density at radius 2 is 2.00 bits per heavy atom. The molecule has 0 saturated heterocycles. The average Bonchev–Trinajstić information content (AvgIpc) is 3.02. The third-order valence-corrected chi connectivity index (χ3v) is 3.63. The molecule has 3 rings (SSSR count). The van der Waals surface area contributed by atoms with E-state index in [9.17, 15) is 4.79 Å². The molecule has 0 fully saturated rings. The second-order valence-electron chi connectivity index (χ2n) is 5.59. The van der Waals surface area contributed by atoms with Crippen LogP contribution in [0.1, 0.15) is 23.9 Å². The monoisotopic (exact) mass is 321 g/mol. The lowest BCUT2D eigenvalue weighted by molar-refractivity contribution is -0.116. The van der Waals surface area contributed by atoms with Crippen molar-refractivity contribution in [2.24, 2.45) is 5.73 Å². The van der Waals surface area contributed by atoms with Gasteiger partial charge in [0.05, 0.1) is 0 Å². The van der Waals surface area contributed by atoms with Gasteiger partial charge in [0.2, 0.25) is 5.91 Å². The smallest absolute Gasteiger partial charge is 0.226 e. The molecular formula is C18H19N5O. The molecule has 0 saturated carbocycles. The Labute approximate surface area is 140 Å². The van der Waals surface area contributed by atoms with E-state index in [4.69, 9.17) is 5.73 Å². The van der Waals surface area contributed by atoms with Gasteiger partial charge in [-0.3, -0.25) is 9.89 Å². The first-order valence-electron chi connectivity index (χ1n) is 7.71. The summed E-state index contributed by atoms with van der Waals surface area (Å²) >= 11 is 0. The number of H-pyrrole nitrogens is 1. The minimum Gasteiger partial charge on any atom is -0.326 e. The molecule has 1 amide bonds. The average molecular weight is 321 g/mol. The summed E-state index contributed by atoms with van der Waals surface area (Å²) in [6.45, 7) is 1.84. The number of nitrogens with two attached hydrogens (primary N) is 1. The Hall–Kier alpha value is -2.99. The Bertz CT molecular complexity index is 828. The summed E-state index contributed by atoms with van der Waals surface area (Å²) in [5, 5.41) is 9.81. The number of carbonyl (C=O) groups excluding carboxylic acids is 1. The van der Waals surface area contributed by atoms with Crippen molar-refractivity contribution >= 4 is 11.6 Å². The van der Waals surface area contributed by atoms with Gasteiger partial charge >= 0.3 is 0 Å². The largest absolute Gasteiger partial charge is 0.326 e. The normalized spacial score (nSPS) is 11.9. The van der Waals surface area contributed by atoms with Gasteiger partial charge in [0.1, 0.15) is 5.82 Å². The first-order valence-corrected chi connectivity index (χ1v) is 7.71. The van der Waals surface area contributed by atoms with Crippen LogP contribution in [0.5, 0.6) is 0 Å². The summed E-state index contributed by atoms with van der Waals surface area (Å²) in [5.41, 5.74) is 8.56. The van der Waals surface area contributed by atoms with Crippen molar-refractivity contribution in [3.8, 4) is 11.4 Å². The summed E-state index contributed by atoms with van der Waals surface area (Å²) in [6, 6.07) is 16.7. The fourth-order valence-corrected chi connectivity index (χ4v) is 2.44. The zero-order valence-electron chi connectivity index (χ0n) is 13.4. The minimum atomic E-state index is -0.329. The molecular weight excluding hydrogens is 302 g/mol. The van der Waals surface area contributed by atoms with E-state index in [1.54, 1.807) is 0 Å². The number of hydrogen-bond donors (Lipinski definition) is 3. The fourth-order valence-electron chi connectivity index (χ4n) is 2.44. The number of carbonyl (C=O) groups is 1. The number of rotatable bonds is 5. The van der Waals surface area contributed by atoms with E-state index >= 15 is 0 Å². The lowest BCUT2D eigenvalue weighted by Crippen LogP contribution is -2.20. The van der Waals surface area contributed by atoms with E-state index in [0.717, 1.165) is 17.0 Å². The second kappa shape index (κ2) is 7.06. The molecule has 0 radical (unpaired) electrons. The van der Waals surface area contributed by atoms with Crippen LogP contribution in [0.4, 0.5) is 5.69 Å². The highest BCUT2D eigenvalue weighted by Gasteiger charge is 2.12. The number of aromatic amines is 1. The summed E-state index contributed by atoms with van der Waals surface area (Å²) in [5.74, 6) is 1.22. The molecule has 6 nitrogen and oxygen atoms in total. The van der Waals surface area contributed by atoms with Crippen molar-refractivity contribution in [3.05, 3.63) is 66.0 Å². The van der Waals surface area contributed by atoms with Gasteiger partial charge in [-0.1, -0.05) is 42.5 Å². The first kappa shape index (κ1) is 15.9. The van der Waals surface area contributed by atoms with Crippen LogP contribution in [0.2, 0.25) is 0 Å². The van der Waals surface area contributed by atoms with Gasteiger partial charge in [0.25, 0.3) is 0 Å². The Kier molecular flexibility index (Phi) is 4.67. The fraction of sp³-hybridized carbons (Fsp3) is 0.167. The molecule has 1 unspecified atom stereocenters. The number of hydrogen-bond acceptors (Lipinski definition) is 4. The summed E-state index contributed by atoms with van der Waals surface area (Å²) in [4.78, 5) is 16.5. The lowest BCUT2D eigenvalue weighted by atomic mass is 10.0. The van der Waals surface area contributed by atoms with Crippen LogP contribution in [0.25, 0.3) is 11.4 Å².